The smallest absolute Gasteiger partial charge is 0.211 e. The second kappa shape index (κ2) is 10.1. The molecule has 7 heteroatoms. The molecule has 0 saturated heterocycles. The van der Waals surface area contributed by atoms with Crippen molar-refractivity contribution in [1.29, 1.82) is 0 Å². The lowest BCUT2D eigenvalue weighted by molar-refractivity contribution is 0.269. The van der Waals surface area contributed by atoms with E-state index >= 15 is 0 Å². The summed E-state index contributed by atoms with van der Waals surface area (Å²) in [5.74, 6) is 2.47. The summed E-state index contributed by atoms with van der Waals surface area (Å²) in [6.45, 7) is 7.16. The fourth-order valence-electron chi connectivity index (χ4n) is 2.72. The van der Waals surface area contributed by atoms with Crippen LogP contribution in [0.25, 0.3) is 0 Å². The number of aromatic nitrogens is 3. The van der Waals surface area contributed by atoms with E-state index in [2.05, 4.69) is 29.1 Å². The van der Waals surface area contributed by atoms with E-state index in [4.69, 9.17) is 9.47 Å². The van der Waals surface area contributed by atoms with Gasteiger partial charge in [0.25, 0.3) is 0 Å². The Labute approximate surface area is 176 Å². The molecular weight excluding hydrogens is 384 g/mol. The molecule has 0 radical (unpaired) electrons. The van der Waals surface area contributed by atoms with Crippen molar-refractivity contribution >= 4 is 18.0 Å². The molecule has 3 rings (SSSR count). The van der Waals surface area contributed by atoms with Gasteiger partial charge in [0.1, 0.15) is 6.61 Å². The molecule has 0 spiro atoms. The van der Waals surface area contributed by atoms with Gasteiger partial charge in [-0.15, -0.1) is 10.2 Å². The van der Waals surface area contributed by atoms with E-state index in [1.54, 1.807) is 10.9 Å². The molecule has 0 aliphatic carbocycles. The average Bonchev–Trinajstić information content (AvgIpc) is 3.16. The first-order valence-electron chi connectivity index (χ1n) is 9.59. The first-order valence-corrected chi connectivity index (χ1v) is 10.8. The van der Waals surface area contributed by atoms with Crippen LogP contribution in [0.3, 0.4) is 0 Å². The Hall–Kier alpha value is -2.80. The van der Waals surface area contributed by atoms with E-state index in [9.17, 15) is 0 Å². The minimum Gasteiger partial charge on any atom is -0.490 e. The third-order valence-electron chi connectivity index (χ3n) is 4.16. The van der Waals surface area contributed by atoms with Crippen molar-refractivity contribution in [2.75, 3.05) is 12.9 Å². The van der Waals surface area contributed by atoms with Crippen LogP contribution in [0.1, 0.15) is 43.6 Å². The maximum Gasteiger partial charge on any atom is 0.211 e. The van der Waals surface area contributed by atoms with Gasteiger partial charge in [-0.1, -0.05) is 55.9 Å². The number of benzene rings is 2. The SMILES string of the molecule is CCOc1cc(/C=N\n2c(SC)nnc2C(C)C)ccc1OCc1ccccc1. The van der Waals surface area contributed by atoms with Gasteiger partial charge in [-0.25, -0.2) is 0 Å². The molecule has 152 valence electrons. The number of nitrogens with zero attached hydrogens (tertiary/aromatic N) is 4. The van der Waals surface area contributed by atoms with Gasteiger partial charge < -0.3 is 9.47 Å². The lowest BCUT2D eigenvalue weighted by atomic mass is 10.2. The Bertz CT molecular complexity index is 955. The van der Waals surface area contributed by atoms with E-state index in [1.165, 1.54) is 11.8 Å². The minimum atomic E-state index is 0.230. The number of hydrogen-bond acceptors (Lipinski definition) is 6. The Morgan fingerprint density at radius 2 is 1.86 bits per heavy atom. The highest BCUT2D eigenvalue weighted by molar-refractivity contribution is 7.98. The highest BCUT2D eigenvalue weighted by Crippen LogP contribution is 2.29. The fraction of sp³-hybridized carbons (Fsp3) is 0.318. The Balaban J connectivity index is 1.81. The first kappa shape index (κ1) is 20.9. The van der Waals surface area contributed by atoms with Crippen LogP contribution in [0.15, 0.2) is 58.8 Å². The van der Waals surface area contributed by atoms with Gasteiger partial charge >= 0.3 is 0 Å². The molecule has 29 heavy (non-hydrogen) atoms. The summed E-state index contributed by atoms with van der Waals surface area (Å²) in [5, 5.41) is 13.8. The summed E-state index contributed by atoms with van der Waals surface area (Å²) in [7, 11) is 0. The molecule has 1 heterocycles. The van der Waals surface area contributed by atoms with Crippen molar-refractivity contribution in [3.63, 3.8) is 0 Å². The van der Waals surface area contributed by atoms with Crippen molar-refractivity contribution in [3.8, 4) is 11.5 Å². The van der Waals surface area contributed by atoms with Crippen LogP contribution in [0, 0.1) is 0 Å². The molecule has 6 nitrogen and oxygen atoms in total. The van der Waals surface area contributed by atoms with Gasteiger partial charge in [-0.2, -0.15) is 9.78 Å². The second-order valence-electron chi connectivity index (χ2n) is 6.67. The summed E-state index contributed by atoms with van der Waals surface area (Å²) in [5.41, 5.74) is 2.02. The lowest BCUT2D eigenvalue weighted by Gasteiger charge is -2.12. The third kappa shape index (κ3) is 5.38. The van der Waals surface area contributed by atoms with Crippen molar-refractivity contribution in [2.24, 2.45) is 5.10 Å². The van der Waals surface area contributed by atoms with Crippen molar-refractivity contribution in [2.45, 2.75) is 38.5 Å². The zero-order chi connectivity index (χ0) is 20.6. The molecule has 0 atom stereocenters. The first-order chi connectivity index (χ1) is 14.1. The summed E-state index contributed by atoms with van der Waals surface area (Å²) in [6.07, 6.45) is 3.75. The third-order valence-corrected chi connectivity index (χ3v) is 4.78. The van der Waals surface area contributed by atoms with Gasteiger partial charge in [-0.05, 0) is 42.5 Å². The summed E-state index contributed by atoms with van der Waals surface area (Å²) in [4.78, 5) is 0. The number of hydrogen-bond donors (Lipinski definition) is 0. The van der Waals surface area contributed by atoms with Crippen molar-refractivity contribution in [3.05, 3.63) is 65.5 Å². The van der Waals surface area contributed by atoms with Gasteiger partial charge in [0.05, 0.1) is 12.8 Å². The Morgan fingerprint density at radius 1 is 1.07 bits per heavy atom. The van der Waals surface area contributed by atoms with Gasteiger partial charge in [-0.3, -0.25) is 0 Å². The van der Waals surface area contributed by atoms with Gasteiger partial charge in [0.15, 0.2) is 17.3 Å². The molecule has 0 bridgehead atoms. The molecule has 0 fully saturated rings. The standard InChI is InChI=1S/C22H26N4O2S/c1-5-27-20-13-18(11-12-19(20)28-15-17-9-7-6-8-10-17)14-23-26-21(16(2)3)24-25-22(26)29-4/h6-14,16H,5,15H2,1-4H3/b23-14-. The van der Waals surface area contributed by atoms with Crippen LogP contribution in [-0.4, -0.2) is 34.0 Å². The molecule has 2 aromatic carbocycles. The van der Waals surface area contributed by atoms with Crippen LogP contribution in [0.5, 0.6) is 11.5 Å². The molecule has 0 N–H and O–H groups in total. The highest BCUT2D eigenvalue weighted by atomic mass is 32.2. The predicted molar refractivity (Wildman–Crippen MR) is 117 cm³/mol. The maximum atomic E-state index is 5.97. The summed E-state index contributed by atoms with van der Waals surface area (Å²) >= 11 is 1.52. The normalized spacial score (nSPS) is 11.3. The Kier molecular flexibility index (Phi) is 7.30. The largest absolute Gasteiger partial charge is 0.490 e. The minimum absolute atomic E-state index is 0.230. The van der Waals surface area contributed by atoms with Crippen LogP contribution < -0.4 is 9.47 Å². The van der Waals surface area contributed by atoms with Crippen LogP contribution in [0.4, 0.5) is 0 Å². The molecular formula is C22H26N4O2S. The van der Waals surface area contributed by atoms with Crippen LogP contribution in [0.2, 0.25) is 0 Å². The molecule has 0 amide bonds. The Morgan fingerprint density at radius 3 is 2.55 bits per heavy atom. The van der Waals surface area contributed by atoms with E-state index in [1.807, 2.05) is 61.7 Å². The molecule has 0 unspecified atom stereocenters. The van der Waals surface area contributed by atoms with E-state index < -0.39 is 0 Å². The second-order valence-corrected chi connectivity index (χ2v) is 7.44. The average molecular weight is 411 g/mol. The topological polar surface area (TPSA) is 61.5 Å². The fourth-order valence-corrected chi connectivity index (χ4v) is 3.16. The van der Waals surface area contributed by atoms with Crippen LogP contribution in [-0.2, 0) is 6.61 Å². The molecule has 0 saturated carbocycles. The van der Waals surface area contributed by atoms with Gasteiger partial charge in [0.2, 0.25) is 5.16 Å². The van der Waals surface area contributed by atoms with Crippen LogP contribution >= 0.6 is 11.8 Å². The number of rotatable bonds is 9. The predicted octanol–water partition coefficient (Wildman–Crippen LogP) is 4.98. The van der Waals surface area contributed by atoms with E-state index in [0.29, 0.717) is 24.7 Å². The van der Waals surface area contributed by atoms with Gasteiger partial charge in [0, 0.05) is 5.92 Å². The zero-order valence-corrected chi connectivity index (χ0v) is 18.0. The molecule has 0 aliphatic rings. The number of thioether (sulfide) groups is 1. The van der Waals surface area contributed by atoms with Crippen molar-refractivity contribution in [1.82, 2.24) is 14.9 Å². The molecule has 0 aliphatic heterocycles. The van der Waals surface area contributed by atoms with Crippen molar-refractivity contribution < 1.29 is 9.47 Å². The zero-order valence-electron chi connectivity index (χ0n) is 17.2. The summed E-state index contributed by atoms with van der Waals surface area (Å²) in [6, 6.07) is 15.9. The van der Waals surface area contributed by atoms with E-state index in [0.717, 1.165) is 22.1 Å². The van der Waals surface area contributed by atoms with E-state index in [-0.39, 0.29) is 5.92 Å². The highest BCUT2D eigenvalue weighted by Gasteiger charge is 2.13. The molecule has 3 aromatic rings. The quantitative estimate of drug-likeness (QED) is 0.368. The maximum absolute atomic E-state index is 5.97. The summed E-state index contributed by atoms with van der Waals surface area (Å²) < 4.78 is 13.5. The number of ether oxygens (including phenoxy) is 2. The monoisotopic (exact) mass is 410 g/mol. The lowest BCUT2D eigenvalue weighted by Crippen LogP contribution is -2.03. The molecule has 1 aromatic heterocycles.